The topological polar surface area (TPSA) is 91.6 Å². The van der Waals surface area contributed by atoms with Crippen LogP contribution in [-0.4, -0.2) is 101 Å². The maximum Gasteiger partial charge on any atom is 0.239 e. The van der Waals surface area contributed by atoms with E-state index in [1.807, 2.05) is 6.92 Å². The van der Waals surface area contributed by atoms with Crippen LogP contribution in [0.4, 0.5) is 0 Å². The molecule has 3 aliphatic heterocycles. The van der Waals surface area contributed by atoms with E-state index < -0.39 is 9.84 Å². The van der Waals surface area contributed by atoms with E-state index >= 15 is 0 Å². The van der Waals surface area contributed by atoms with Gasteiger partial charge < -0.3 is 9.47 Å². The molecule has 1 aromatic heterocycles. The Labute approximate surface area is 179 Å². The van der Waals surface area contributed by atoms with Crippen LogP contribution in [0.25, 0.3) is 0 Å². The molecule has 0 spiro atoms. The third-order valence-electron chi connectivity index (χ3n) is 6.97. The highest BCUT2D eigenvalue weighted by atomic mass is 32.2. The van der Waals surface area contributed by atoms with E-state index in [0.717, 1.165) is 57.3 Å². The summed E-state index contributed by atoms with van der Waals surface area (Å²) in [6, 6.07) is -0.417. The predicted octanol–water partition coefficient (Wildman–Crippen LogP) is 0.156. The van der Waals surface area contributed by atoms with Gasteiger partial charge in [-0.05, 0) is 26.2 Å². The van der Waals surface area contributed by atoms with Gasteiger partial charge in [0.15, 0.2) is 9.84 Å². The van der Waals surface area contributed by atoms with Crippen molar-refractivity contribution in [2.24, 2.45) is 0 Å². The number of hydrogen-bond donors (Lipinski definition) is 0. The van der Waals surface area contributed by atoms with Gasteiger partial charge in [0.1, 0.15) is 11.6 Å². The van der Waals surface area contributed by atoms with Gasteiger partial charge in [-0.3, -0.25) is 14.6 Å². The van der Waals surface area contributed by atoms with E-state index in [1.54, 1.807) is 11.9 Å². The Balaban J connectivity index is 1.29. The molecular formula is C20H34N6O3S. The average Bonchev–Trinajstić information content (AvgIpc) is 3.20. The lowest BCUT2D eigenvalue weighted by Crippen LogP contribution is -2.55. The maximum atomic E-state index is 12.9. The first kappa shape index (κ1) is 21.7. The zero-order valence-electron chi connectivity index (χ0n) is 18.2. The molecule has 168 valence electrons. The van der Waals surface area contributed by atoms with Crippen molar-refractivity contribution in [1.29, 1.82) is 0 Å². The molecule has 0 aliphatic carbocycles. The minimum absolute atomic E-state index is 0.0216. The number of piperazine rings is 1. The lowest BCUT2D eigenvalue weighted by molar-refractivity contribution is -0.137. The fourth-order valence-corrected chi connectivity index (χ4v) is 6.66. The lowest BCUT2D eigenvalue weighted by Gasteiger charge is -2.39. The van der Waals surface area contributed by atoms with Crippen LogP contribution in [0, 0.1) is 0 Å². The molecule has 30 heavy (non-hydrogen) atoms. The fraction of sp³-hybridized carbons (Fsp3) is 0.850. The molecule has 2 atom stereocenters. The molecule has 0 bridgehead atoms. The van der Waals surface area contributed by atoms with Crippen molar-refractivity contribution in [3.63, 3.8) is 0 Å². The van der Waals surface area contributed by atoms with Gasteiger partial charge in [-0.15, -0.1) is 10.2 Å². The smallest absolute Gasteiger partial charge is 0.239 e. The van der Waals surface area contributed by atoms with Gasteiger partial charge in [0.2, 0.25) is 5.91 Å². The van der Waals surface area contributed by atoms with E-state index in [4.69, 9.17) is 0 Å². The van der Waals surface area contributed by atoms with Crippen LogP contribution in [0.1, 0.15) is 44.3 Å². The Morgan fingerprint density at radius 1 is 1.13 bits per heavy atom. The molecule has 0 N–H and O–H groups in total. The van der Waals surface area contributed by atoms with Gasteiger partial charge in [0.05, 0.1) is 24.1 Å². The molecule has 2 fully saturated rings. The molecule has 3 aliphatic rings. The summed E-state index contributed by atoms with van der Waals surface area (Å²) in [5.41, 5.74) is 0. The van der Waals surface area contributed by atoms with E-state index in [-0.39, 0.29) is 29.5 Å². The number of likely N-dealkylation sites (N-methyl/N-ethyl adjacent to an activating group) is 1. The van der Waals surface area contributed by atoms with Gasteiger partial charge in [0, 0.05) is 52.2 Å². The highest BCUT2D eigenvalue weighted by molar-refractivity contribution is 7.91. The second-order valence-electron chi connectivity index (χ2n) is 8.99. The summed E-state index contributed by atoms with van der Waals surface area (Å²) >= 11 is 0. The number of fused-ring (bicyclic) bond motifs is 1. The Morgan fingerprint density at radius 3 is 2.60 bits per heavy atom. The van der Waals surface area contributed by atoms with E-state index in [9.17, 15) is 13.2 Å². The van der Waals surface area contributed by atoms with Crippen molar-refractivity contribution in [1.82, 2.24) is 29.5 Å². The molecule has 0 saturated carbocycles. The SMILES string of the molecule is C[C@H](C(=O)N(C)[C@H]1CCS(=O)(=O)C1)N1CCN(Cc2nnc3n2CCCCC3)CC1. The van der Waals surface area contributed by atoms with Crippen LogP contribution in [-0.2, 0) is 34.1 Å². The van der Waals surface area contributed by atoms with Crippen LogP contribution < -0.4 is 0 Å². The summed E-state index contributed by atoms with van der Waals surface area (Å²) in [7, 11) is -1.25. The van der Waals surface area contributed by atoms with Crippen molar-refractivity contribution in [2.75, 3.05) is 44.7 Å². The highest BCUT2D eigenvalue weighted by Gasteiger charge is 2.36. The Hall–Kier alpha value is -1.52. The van der Waals surface area contributed by atoms with Crippen LogP contribution in [0.15, 0.2) is 0 Å². The Morgan fingerprint density at radius 2 is 1.90 bits per heavy atom. The number of nitrogens with zero attached hydrogens (tertiary/aromatic N) is 6. The quantitative estimate of drug-likeness (QED) is 0.646. The van der Waals surface area contributed by atoms with Crippen LogP contribution >= 0.6 is 0 Å². The van der Waals surface area contributed by atoms with Crippen molar-refractivity contribution < 1.29 is 13.2 Å². The summed E-state index contributed by atoms with van der Waals surface area (Å²) in [4.78, 5) is 19.2. The van der Waals surface area contributed by atoms with Gasteiger partial charge >= 0.3 is 0 Å². The molecule has 4 heterocycles. The third-order valence-corrected chi connectivity index (χ3v) is 8.72. The first-order valence-corrected chi connectivity index (χ1v) is 13.0. The molecule has 4 rings (SSSR count). The van der Waals surface area contributed by atoms with Gasteiger partial charge in [-0.25, -0.2) is 8.42 Å². The largest absolute Gasteiger partial charge is 0.340 e. The number of aryl methyl sites for hydroxylation is 1. The molecule has 0 aromatic carbocycles. The molecular weight excluding hydrogens is 404 g/mol. The standard InChI is InChI=1S/C20H34N6O3S/c1-16(20(27)23(2)17-7-13-30(28,29)15-17)25-11-9-24(10-12-25)14-19-22-21-18-6-4-3-5-8-26(18)19/h16-17H,3-15H2,1-2H3/t16-,17+/m1/s1. The van der Waals surface area contributed by atoms with Gasteiger partial charge in [-0.2, -0.15) is 0 Å². The average molecular weight is 439 g/mol. The van der Waals surface area contributed by atoms with Crippen molar-refractivity contribution in [3.05, 3.63) is 11.6 Å². The Bertz CT molecular complexity index is 862. The second-order valence-corrected chi connectivity index (χ2v) is 11.2. The monoisotopic (exact) mass is 438 g/mol. The van der Waals surface area contributed by atoms with Crippen LogP contribution in [0.5, 0.6) is 0 Å². The van der Waals surface area contributed by atoms with E-state index in [1.165, 1.54) is 19.3 Å². The van der Waals surface area contributed by atoms with Crippen molar-refractivity contribution in [3.8, 4) is 0 Å². The Kier molecular flexibility index (Phi) is 6.45. The molecule has 0 radical (unpaired) electrons. The van der Waals surface area contributed by atoms with Gasteiger partial charge in [-0.1, -0.05) is 6.42 Å². The number of carbonyl (C=O) groups excluding carboxylic acids is 1. The minimum Gasteiger partial charge on any atom is -0.340 e. The zero-order valence-corrected chi connectivity index (χ0v) is 19.0. The first-order valence-electron chi connectivity index (χ1n) is 11.2. The van der Waals surface area contributed by atoms with E-state index in [2.05, 4.69) is 24.6 Å². The minimum atomic E-state index is -2.99. The van der Waals surface area contributed by atoms with Crippen LogP contribution in [0.3, 0.4) is 0 Å². The molecule has 9 nitrogen and oxygen atoms in total. The summed E-state index contributed by atoms with van der Waals surface area (Å²) in [5, 5.41) is 8.84. The molecule has 0 unspecified atom stereocenters. The molecule has 10 heteroatoms. The van der Waals surface area contributed by atoms with Crippen molar-refractivity contribution >= 4 is 15.7 Å². The summed E-state index contributed by atoms with van der Waals surface area (Å²) < 4.78 is 25.8. The normalized spacial score (nSPS) is 26.1. The fourth-order valence-electron chi connectivity index (χ4n) is 4.88. The number of sulfone groups is 1. The zero-order chi connectivity index (χ0) is 21.3. The van der Waals surface area contributed by atoms with Gasteiger partial charge in [0.25, 0.3) is 0 Å². The van der Waals surface area contributed by atoms with Crippen molar-refractivity contribution in [2.45, 2.75) is 64.2 Å². The number of amides is 1. The highest BCUT2D eigenvalue weighted by Crippen LogP contribution is 2.20. The van der Waals surface area contributed by atoms with E-state index in [0.29, 0.717) is 6.42 Å². The molecule has 2 saturated heterocycles. The number of rotatable bonds is 5. The van der Waals surface area contributed by atoms with Crippen LogP contribution in [0.2, 0.25) is 0 Å². The number of hydrogen-bond acceptors (Lipinski definition) is 7. The number of aromatic nitrogens is 3. The molecule has 1 aromatic rings. The predicted molar refractivity (Wildman–Crippen MR) is 114 cm³/mol. The summed E-state index contributed by atoms with van der Waals surface area (Å²) in [6.45, 7) is 7.20. The second kappa shape index (κ2) is 8.92. The third kappa shape index (κ3) is 4.70. The number of carbonyl (C=O) groups is 1. The molecule has 1 amide bonds. The maximum absolute atomic E-state index is 12.9. The summed E-state index contributed by atoms with van der Waals surface area (Å²) in [5.74, 6) is 2.49. The first-order chi connectivity index (χ1) is 14.3. The lowest BCUT2D eigenvalue weighted by atomic mass is 10.1. The summed E-state index contributed by atoms with van der Waals surface area (Å²) in [6.07, 6.45) is 5.23.